The van der Waals surface area contributed by atoms with Crippen LogP contribution in [-0.4, -0.2) is 54.8 Å². The first-order chi connectivity index (χ1) is 11.0. The van der Waals surface area contributed by atoms with Gasteiger partial charge in [-0.25, -0.2) is 14.6 Å². The molecule has 0 radical (unpaired) electrons. The van der Waals surface area contributed by atoms with Gasteiger partial charge in [-0.2, -0.15) is 0 Å². The van der Waals surface area contributed by atoms with Gasteiger partial charge in [0, 0.05) is 25.1 Å². The van der Waals surface area contributed by atoms with Gasteiger partial charge in [-0.3, -0.25) is 5.32 Å². The van der Waals surface area contributed by atoms with Gasteiger partial charge in [0.15, 0.2) is 5.13 Å². The third kappa shape index (κ3) is 3.32. The number of aromatic nitrogens is 1. The molecule has 3 heterocycles. The minimum Gasteiger partial charge on any atom is -0.462 e. The van der Waals surface area contributed by atoms with Gasteiger partial charge >= 0.3 is 12.0 Å². The fraction of sp³-hybridized carbons (Fsp3) is 0.667. The topological polar surface area (TPSA) is 80.8 Å². The van der Waals surface area contributed by atoms with Crippen LogP contribution in [0.4, 0.5) is 9.93 Å². The molecule has 1 unspecified atom stereocenters. The van der Waals surface area contributed by atoms with Crippen molar-refractivity contribution >= 4 is 28.5 Å². The highest BCUT2D eigenvalue weighted by Crippen LogP contribution is 2.38. The van der Waals surface area contributed by atoms with Crippen LogP contribution in [0.25, 0.3) is 0 Å². The van der Waals surface area contributed by atoms with Crippen LogP contribution in [0.1, 0.15) is 35.1 Å². The molecule has 3 rings (SSSR count). The molecule has 1 N–H and O–H groups in total. The lowest BCUT2D eigenvalue weighted by Crippen LogP contribution is -2.35. The number of amides is 2. The van der Waals surface area contributed by atoms with E-state index in [0.29, 0.717) is 28.9 Å². The maximum absolute atomic E-state index is 12.4. The number of carbonyl (C=O) groups excluding carboxylic acids is 2. The molecule has 1 aromatic heterocycles. The molecule has 2 fully saturated rings. The lowest BCUT2D eigenvalue weighted by Gasteiger charge is -2.21. The number of nitrogens with one attached hydrogen (secondary N) is 1. The smallest absolute Gasteiger partial charge is 0.350 e. The number of hydrogen-bond donors (Lipinski definition) is 1. The summed E-state index contributed by atoms with van der Waals surface area (Å²) >= 11 is 1.15. The second-order valence-electron chi connectivity index (χ2n) is 6.06. The minimum absolute atomic E-state index is 0.131. The van der Waals surface area contributed by atoms with E-state index >= 15 is 0 Å². The second kappa shape index (κ2) is 6.45. The second-order valence-corrected chi connectivity index (χ2v) is 7.06. The van der Waals surface area contributed by atoms with Crippen molar-refractivity contribution in [2.75, 3.05) is 38.2 Å². The van der Waals surface area contributed by atoms with Crippen LogP contribution < -0.4 is 5.32 Å². The van der Waals surface area contributed by atoms with Crippen molar-refractivity contribution in [1.29, 1.82) is 0 Å². The standard InChI is InChI=1S/C15H21N3O4S/c1-3-22-12(19)11-10(2)16-13(23-11)17-14(20)18-6-4-15(8-18)5-7-21-9-15/h3-9H2,1-2H3,(H,16,17,20). The number of anilines is 1. The largest absolute Gasteiger partial charge is 0.462 e. The number of carbonyl (C=O) groups is 2. The zero-order chi connectivity index (χ0) is 16.4. The van der Waals surface area contributed by atoms with Crippen molar-refractivity contribution < 1.29 is 19.1 Å². The highest BCUT2D eigenvalue weighted by atomic mass is 32.1. The predicted molar refractivity (Wildman–Crippen MR) is 85.9 cm³/mol. The normalized spacial score (nSPS) is 23.5. The Labute approximate surface area is 139 Å². The van der Waals surface area contributed by atoms with E-state index < -0.39 is 5.97 Å². The summed E-state index contributed by atoms with van der Waals surface area (Å²) < 4.78 is 10.5. The van der Waals surface area contributed by atoms with E-state index in [1.807, 2.05) is 0 Å². The Morgan fingerprint density at radius 1 is 1.48 bits per heavy atom. The molecule has 1 atom stereocenters. The van der Waals surface area contributed by atoms with E-state index in [2.05, 4.69) is 10.3 Å². The molecule has 0 bridgehead atoms. The summed E-state index contributed by atoms with van der Waals surface area (Å²) in [7, 11) is 0. The lowest BCUT2D eigenvalue weighted by atomic mass is 9.87. The number of thiazole rings is 1. The van der Waals surface area contributed by atoms with E-state index in [1.165, 1.54) is 0 Å². The number of esters is 1. The van der Waals surface area contributed by atoms with Crippen molar-refractivity contribution in [2.24, 2.45) is 5.41 Å². The van der Waals surface area contributed by atoms with Gasteiger partial charge in [0.05, 0.1) is 18.9 Å². The molecular weight excluding hydrogens is 318 g/mol. The fourth-order valence-corrected chi connectivity index (χ4v) is 3.94. The molecule has 126 valence electrons. The third-order valence-electron chi connectivity index (χ3n) is 4.38. The quantitative estimate of drug-likeness (QED) is 0.855. The summed E-state index contributed by atoms with van der Waals surface area (Å²) in [5.74, 6) is -0.397. The van der Waals surface area contributed by atoms with E-state index in [4.69, 9.17) is 9.47 Å². The molecule has 0 saturated carbocycles. The Kier molecular flexibility index (Phi) is 4.54. The van der Waals surface area contributed by atoms with Crippen LogP contribution in [0.15, 0.2) is 0 Å². The Balaban J connectivity index is 1.62. The molecule has 8 heteroatoms. The Bertz CT molecular complexity index is 610. The van der Waals surface area contributed by atoms with E-state index in [0.717, 1.165) is 43.9 Å². The average Bonchev–Trinajstić information content (AvgIpc) is 3.22. The van der Waals surface area contributed by atoms with Crippen LogP contribution in [0, 0.1) is 12.3 Å². The summed E-state index contributed by atoms with van der Waals surface area (Å²) in [5, 5.41) is 3.22. The molecule has 2 aliphatic heterocycles. The summed E-state index contributed by atoms with van der Waals surface area (Å²) in [4.78, 5) is 30.7. The number of ether oxygens (including phenoxy) is 2. The Hall–Kier alpha value is -1.67. The lowest BCUT2D eigenvalue weighted by molar-refractivity contribution is 0.0531. The molecule has 0 aromatic carbocycles. The average molecular weight is 339 g/mol. The van der Waals surface area contributed by atoms with Gasteiger partial charge in [0.25, 0.3) is 0 Å². The Morgan fingerprint density at radius 2 is 2.30 bits per heavy atom. The summed E-state index contributed by atoms with van der Waals surface area (Å²) in [6.07, 6.45) is 1.99. The number of hydrogen-bond acceptors (Lipinski definition) is 6. The molecule has 23 heavy (non-hydrogen) atoms. The molecule has 2 saturated heterocycles. The van der Waals surface area contributed by atoms with Crippen LogP contribution in [0.3, 0.4) is 0 Å². The molecule has 0 aliphatic carbocycles. The molecule has 1 aromatic rings. The Morgan fingerprint density at radius 3 is 3.00 bits per heavy atom. The third-order valence-corrected chi connectivity index (χ3v) is 5.43. The first-order valence-electron chi connectivity index (χ1n) is 7.81. The van der Waals surface area contributed by atoms with Gasteiger partial charge in [-0.05, 0) is 26.7 Å². The van der Waals surface area contributed by atoms with Crippen molar-refractivity contribution in [1.82, 2.24) is 9.88 Å². The van der Waals surface area contributed by atoms with Crippen LogP contribution in [0.5, 0.6) is 0 Å². The monoisotopic (exact) mass is 339 g/mol. The van der Waals surface area contributed by atoms with Gasteiger partial charge in [0.2, 0.25) is 0 Å². The van der Waals surface area contributed by atoms with Crippen molar-refractivity contribution in [3.05, 3.63) is 10.6 Å². The highest BCUT2D eigenvalue weighted by Gasteiger charge is 2.42. The van der Waals surface area contributed by atoms with Gasteiger partial charge in [-0.1, -0.05) is 11.3 Å². The van der Waals surface area contributed by atoms with Crippen LogP contribution >= 0.6 is 11.3 Å². The van der Waals surface area contributed by atoms with Gasteiger partial charge < -0.3 is 14.4 Å². The van der Waals surface area contributed by atoms with E-state index in [-0.39, 0.29) is 11.4 Å². The van der Waals surface area contributed by atoms with Crippen LogP contribution in [0.2, 0.25) is 0 Å². The predicted octanol–water partition coefficient (Wildman–Crippen LogP) is 2.27. The molecule has 2 amide bonds. The van der Waals surface area contributed by atoms with Gasteiger partial charge in [-0.15, -0.1) is 0 Å². The zero-order valence-electron chi connectivity index (χ0n) is 13.4. The molecular formula is C15H21N3O4S. The van der Waals surface area contributed by atoms with Crippen molar-refractivity contribution in [3.63, 3.8) is 0 Å². The maximum Gasteiger partial charge on any atom is 0.350 e. The van der Waals surface area contributed by atoms with Crippen molar-refractivity contribution in [3.8, 4) is 0 Å². The summed E-state index contributed by atoms with van der Waals surface area (Å²) in [5.41, 5.74) is 0.706. The SMILES string of the molecule is CCOC(=O)c1sc(NC(=O)N2CCC3(CCOC3)C2)nc1C. The van der Waals surface area contributed by atoms with E-state index in [9.17, 15) is 9.59 Å². The number of aryl methyl sites for hydroxylation is 1. The van der Waals surface area contributed by atoms with Crippen LogP contribution in [-0.2, 0) is 9.47 Å². The molecule has 7 nitrogen and oxygen atoms in total. The minimum atomic E-state index is -0.397. The first kappa shape index (κ1) is 16.2. The number of nitrogens with zero attached hydrogens (tertiary/aromatic N) is 2. The maximum atomic E-state index is 12.4. The molecule has 2 aliphatic rings. The number of urea groups is 1. The highest BCUT2D eigenvalue weighted by molar-refractivity contribution is 7.17. The summed E-state index contributed by atoms with van der Waals surface area (Å²) in [6.45, 7) is 6.77. The first-order valence-corrected chi connectivity index (χ1v) is 8.63. The summed E-state index contributed by atoms with van der Waals surface area (Å²) in [6, 6.07) is -0.169. The van der Waals surface area contributed by atoms with Gasteiger partial charge in [0.1, 0.15) is 4.88 Å². The van der Waals surface area contributed by atoms with E-state index in [1.54, 1.807) is 18.7 Å². The van der Waals surface area contributed by atoms with Crippen molar-refractivity contribution in [2.45, 2.75) is 26.7 Å². The number of likely N-dealkylation sites (tertiary alicyclic amines) is 1. The molecule has 1 spiro atoms. The zero-order valence-corrected chi connectivity index (χ0v) is 14.2. The number of rotatable bonds is 3. The fourth-order valence-electron chi connectivity index (χ4n) is 3.09.